The zero-order valence-electron chi connectivity index (χ0n) is 14.1. The smallest absolute Gasteiger partial charge is 0.204 e. The van der Waals surface area contributed by atoms with Gasteiger partial charge in [0.2, 0.25) is 5.43 Å². The van der Waals surface area contributed by atoms with Crippen LogP contribution in [0.4, 0.5) is 5.69 Å². The fraction of sp³-hybridized carbons (Fsp3) is 0. The molecule has 0 unspecified atom stereocenters. The van der Waals surface area contributed by atoms with E-state index in [-0.39, 0.29) is 33.4 Å². The topological polar surface area (TPSA) is 95.1 Å². The molecule has 0 bridgehead atoms. The molecule has 4 rings (SSSR count). The van der Waals surface area contributed by atoms with Gasteiger partial charge in [0.25, 0.3) is 0 Å². The SMILES string of the molecule is O=c1c2cccc(/C=N\Nc3cc(Cl)ccc3Cl)c2oc2cc(O)cc(O)c12. The van der Waals surface area contributed by atoms with E-state index >= 15 is 0 Å². The second kappa shape index (κ2) is 7.07. The number of phenols is 2. The Morgan fingerprint density at radius 2 is 1.89 bits per heavy atom. The molecule has 1 aromatic heterocycles. The highest BCUT2D eigenvalue weighted by Gasteiger charge is 2.14. The lowest BCUT2D eigenvalue weighted by Crippen LogP contribution is -2.04. The molecular weight excluding hydrogens is 403 g/mol. The first-order valence-electron chi connectivity index (χ1n) is 8.09. The van der Waals surface area contributed by atoms with E-state index in [1.54, 1.807) is 36.4 Å². The molecule has 140 valence electrons. The number of hydrogen-bond acceptors (Lipinski definition) is 6. The molecule has 6 nitrogen and oxygen atoms in total. The molecule has 0 spiro atoms. The molecule has 0 aliphatic rings. The van der Waals surface area contributed by atoms with Gasteiger partial charge in [-0.15, -0.1) is 0 Å². The minimum atomic E-state index is -0.408. The maximum absolute atomic E-state index is 12.8. The molecule has 0 saturated carbocycles. The first kappa shape index (κ1) is 18.2. The lowest BCUT2D eigenvalue weighted by atomic mass is 10.1. The molecule has 0 fully saturated rings. The van der Waals surface area contributed by atoms with Crippen molar-refractivity contribution in [3.63, 3.8) is 0 Å². The number of benzene rings is 3. The molecule has 0 aliphatic heterocycles. The Hall–Kier alpha value is -3.22. The largest absolute Gasteiger partial charge is 0.508 e. The molecule has 4 aromatic rings. The summed E-state index contributed by atoms with van der Waals surface area (Å²) in [4.78, 5) is 12.8. The summed E-state index contributed by atoms with van der Waals surface area (Å²) < 4.78 is 5.78. The van der Waals surface area contributed by atoms with Crippen molar-refractivity contribution in [2.24, 2.45) is 5.10 Å². The Morgan fingerprint density at radius 1 is 1.07 bits per heavy atom. The van der Waals surface area contributed by atoms with Crippen LogP contribution in [0, 0.1) is 0 Å². The minimum absolute atomic E-state index is 0.00298. The fourth-order valence-corrected chi connectivity index (χ4v) is 3.18. The van der Waals surface area contributed by atoms with E-state index in [4.69, 9.17) is 27.6 Å². The van der Waals surface area contributed by atoms with Gasteiger partial charge in [-0.05, 0) is 30.3 Å². The second-order valence-corrected chi connectivity index (χ2v) is 6.83. The van der Waals surface area contributed by atoms with Gasteiger partial charge in [-0.3, -0.25) is 10.2 Å². The zero-order chi connectivity index (χ0) is 19.8. The van der Waals surface area contributed by atoms with Crippen molar-refractivity contribution in [1.29, 1.82) is 0 Å². The van der Waals surface area contributed by atoms with E-state index in [9.17, 15) is 15.0 Å². The van der Waals surface area contributed by atoms with E-state index in [2.05, 4.69) is 10.5 Å². The number of hydrazone groups is 1. The highest BCUT2D eigenvalue weighted by molar-refractivity contribution is 6.35. The summed E-state index contributed by atoms with van der Waals surface area (Å²) in [6, 6.07) is 12.3. The number of para-hydroxylation sites is 1. The van der Waals surface area contributed by atoms with Gasteiger partial charge in [0, 0.05) is 22.7 Å². The quantitative estimate of drug-likeness (QED) is 0.246. The zero-order valence-corrected chi connectivity index (χ0v) is 15.6. The summed E-state index contributed by atoms with van der Waals surface area (Å²) >= 11 is 12.0. The van der Waals surface area contributed by atoms with Crippen LogP contribution in [-0.4, -0.2) is 16.4 Å². The van der Waals surface area contributed by atoms with Crippen LogP contribution < -0.4 is 10.9 Å². The molecule has 0 saturated heterocycles. The van der Waals surface area contributed by atoms with Gasteiger partial charge in [-0.25, -0.2) is 0 Å². The molecule has 28 heavy (non-hydrogen) atoms. The van der Waals surface area contributed by atoms with Crippen molar-refractivity contribution < 1.29 is 14.6 Å². The monoisotopic (exact) mass is 414 g/mol. The summed E-state index contributed by atoms with van der Waals surface area (Å²) in [7, 11) is 0. The number of fused-ring (bicyclic) bond motifs is 2. The number of anilines is 1. The number of halogens is 2. The predicted octanol–water partition coefficient (Wildman–Crippen LogP) is 5.11. The first-order chi connectivity index (χ1) is 13.4. The lowest BCUT2D eigenvalue weighted by molar-refractivity contribution is 0.453. The van der Waals surface area contributed by atoms with Gasteiger partial charge in [0.15, 0.2) is 0 Å². The average molecular weight is 415 g/mol. The summed E-state index contributed by atoms with van der Waals surface area (Å²) in [5, 5.41) is 25.0. The van der Waals surface area contributed by atoms with Gasteiger partial charge in [0.1, 0.15) is 28.1 Å². The van der Waals surface area contributed by atoms with Crippen LogP contribution in [0.3, 0.4) is 0 Å². The first-order valence-corrected chi connectivity index (χ1v) is 8.85. The Bertz CT molecular complexity index is 1320. The molecule has 0 aliphatic carbocycles. The Morgan fingerprint density at radius 3 is 2.71 bits per heavy atom. The standard InChI is InChI=1S/C20H12Cl2N2O4/c21-11-4-5-14(22)15(6-11)24-23-9-10-2-1-3-13-19(27)18-16(26)7-12(25)8-17(18)28-20(10)13/h1-9,24-26H/b23-9-. The van der Waals surface area contributed by atoms with Gasteiger partial charge in [-0.2, -0.15) is 5.10 Å². The third kappa shape index (κ3) is 3.24. The molecular formula is C20H12Cl2N2O4. The van der Waals surface area contributed by atoms with Crippen LogP contribution in [0.15, 0.2) is 62.8 Å². The second-order valence-electron chi connectivity index (χ2n) is 5.99. The Labute approximate surface area is 168 Å². The van der Waals surface area contributed by atoms with Crippen molar-refractivity contribution in [1.82, 2.24) is 0 Å². The molecule has 0 atom stereocenters. The Balaban J connectivity index is 1.81. The van der Waals surface area contributed by atoms with E-state index in [1.807, 2.05) is 0 Å². The molecule has 0 amide bonds. The van der Waals surface area contributed by atoms with Crippen LogP contribution in [0.2, 0.25) is 10.0 Å². The third-order valence-electron chi connectivity index (χ3n) is 4.11. The highest BCUT2D eigenvalue weighted by atomic mass is 35.5. The van der Waals surface area contributed by atoms with Crippen molar-refractivity contribution in [3.8, 4) is 11.5 Å². The number of hydrogen-bond donors (Lipinski definition) is 3. The van der Waals surface area contributed by atoms with E-state index in [0.29, 0.717) is 21.3 Å². The molecule has 8 heteroatoms. The molecule has 0 radical (unpaired) electrons. The molecule has 3 N–H and O–H groups in total. The van der Waals surface area contributed by atoms with Crippen LogP contribution in [0.1, 0.15) is 5.56 Å². The van der Waals surface area contributed by atoms with Crippen LogP contribution in [0.25, 0.3) is 21.9 Å². The number of nitrogens with one attached hydrogen (secondary N) is 1. The highest BCUT2D eigenvalue weighted by Crippen LogP contribution is 2.30. The summed E-state index contributed by atoms with van der Waals surface area (Å²) in [6.07, 6.45) is 1.47. The van der Waals surface area contributed by atoms with E-state index in [0.717, 1.165) is 6.07 Å². The van der Waals surface area contributed by atoms with Crippen molar-refractivity contribution in [3.05, 3.63) is 74.4 Å². The molecule has 1 heterocycles. The number of aromatic hydroxyl groups is 2. The van der Waals surface area contributed by atoms with Crippen LogP contribution in [-0.2, 0) is 0 Å². The fourth-order valence-electron chi connectivity index (χ4n) is 2.84. The number of nitrogens with zero attached hydrogens (tertiary/aromatic N) is 1. The van der Waals surface area contributed by atoms with Gasteiger partial charge in [0.05, 0.1) is 22.3 Å². The van der Waals surface area contributed by atoms with Crippen molar-refractivity contribution in [2.75, 3.05) is 5.43 Å². The van der Waals surface area contributed by atoms with Crippen molar-refractivity contribution >= 4 is 57.0 Å². The maximum atomic E-state index is 12.8. The normalized spacial score (nSPS) is 11.5. The van der Waals surface area contributed by atoms with Crippen molar-refractivity contribution in [2.45, 2.75) is 0 Å². The maximum Gasteiger partial charge on any atom is 0.204 e. The van der Waals surface area contributed by atoms with E-state index in [1.165, 1.54) is 12.3 Å². The summed E-state index contributed by atoms with van der Waals surface area (Å²) in [6.45, 7) is 0. The van der Waals surface area contributed by atoms with Crippen LogP contribution in [0.5, 0.6) is 11.5 Å². The Kier molecular flexibility index (Phi) is 4.58. The van der Waals surface area contributed by atoms with Gasteiger partial charge in [-0.1, -0.05) is 29.3 Å². The van der Waals surface area contributed by atoms with Gasteiger partial charge < -0.3 is 14.6 Å². The number of rotatable bonds is 3. The average Bonchev–Trinajstić information content (AvgIpc) is 2.64. The summed E-state index contributed by atoms with van der Waals surface area (Å²) in [5.74, 6) is -0.558. The summed E-state index contributed by atoms with van der Waals surface area (Å²) in [5.41, 5.74) is 3.76. The van der Waals surface area contributed by atoms with E-state index < -0.39 is 5.43 Å². The van der Waals surface area contributed by atoms with Gasteiger partial charge >= 0.3 is 0 Å². The number of phenolic OH excluding ortho intramolecular Hbond substituents is 2. The third-order valence-corrected chi connectivity index (χ3v) is 4.68. The minimum Gasteiger partial charge on any atom is -0.508 e. The molecule has 3 aromatic carbocycles. The lowest BCUT2D eigenvalue weighted by Gasteiger charge is -2.06. The predicted molar refractivity (Wildman–Crippen MR) is 111 cm³/mol. The van der Waals surface area contributed by atoms with Crippen LogP contribution >= 0.6 is 23.2 Å².